The fraction of sp³-hybridized carbons (Fsp3) is 0.381. The molecule has 5 nitrogen and oxygen atoms in total. The summed E-state index contributed by atoms with van der Waals surface area (Å²) in [6.45, 7) is -0.153. The van der Waals surface area contributed by atoms with Crippen LogP contribution in [-0.4, -0.2) is 31.2 Å². The van der Waals surface area contributed by atoms with E-state index >= 15 is 0 Å². The van der Waals surface area contributed by atoms with Crippen molar-refractivity contribution >= 4 is 39.1 Å². The average molecular weight is 473 g/mol. The van der Waals surface area contributed by atoms with Crippen molar-refractivity contribution in [1.29, 1.82) is 0 Å². The lowest BCUT2D eigenvalue weighted by Gasteiger charge is -2.33. The number of hydrogen-bond donors (Lipinski definition) is 1. The van der Waals surface area contributed by atoms with Crippen LogP contribution in [-0.2, 0) is 21.4 Å². The van der Waals surface area contributed by atoms with E-state index < -0.39 is 21.7 Å². The van der Waals surface area contributed by atoms with Gasteiger partial charge in [0.1, 0.15) is 5.82 Å². The summed E-state index contributed by atoms with van der Waals surface area (Å²) in [5, 5.41) is 3.64. The molecule has 0 bridgehead atoms. The van der Waals surface area contributed by atoms with Gasteiger partial charge in [-0.25, -0.2) is 12.8 Å². The van der Waals surface area contributed by atoms with Gasteiger partial charge in [-0.15, -0.1) is 0 Å². The summed E-state index contributed by atoms with van der Waals surface area (Å²) in [5.74, 6) is -0.951. The largest absolute Gasteiger partial charge is 0.351 e. The number of amides is 1. The second kappa shape index (κ2) is 10.1. The Kier molecular flexibility index (Phi) is 7.74. The third-order valence-electron chi connectivity index (χ3n) is 5.19. The van der Waals surface area contributed by atoms with Gasteiger partial charge in [-0.2, -0.15) is 4.31 Å². The standard InChI is InChI=1S/C21H23Cl2FN2O3S/c22-16-7-6-15(20(23)12-16)13-25-21(27)14-26(18-4-2-1-3-5-18)30(28,29)19-10-8-17(24)9-11-19/h6-12,18H,1-5,13-14H2,(H,25,27). The van der Waals surface area contributed by atoms with Gasteiger partial charge in [0, 0.05) is 22.6 Å². The minimum Gasteiger partial charge on any atom is -0.351 e. The molecule has 0 atom stereocenters. The van der Waals surface area contributed by atoms with Crippen LogP contribution in [0.1, 0.15) is 37.7 Å². The van der Waals surface area contributed by atoms with E-state index in [0.717, 1.165) is 31.4 Å². The third-order valence-corrected chi connectivity index (χ3v) is 7.69. The van der Waals surface area contributed by atoms with E-state index in [9.17, 15) is 17.6 Å². The highest BCUT2D eigenvalue weighted by atomic mass is 35.5. The lowest BCUT2D eigenvalue weighted by atomic mass is 9.95. The van der Waals surface area contributed by atoms with Crippen LogP contribution in [0.25, 0.3) is 0 Å². The lowest BCUT2D eigenvalue weighted by molar-refractivity contribution is -0.121. The molecule has 0 unspecified atom stereocenters. The molecule has 162 valence electrons. The quantitative estimate of drug-likeness (QED) is 0.630. The van der Waals surface area contributed by atoms with E-state index in [2.05, 4.69) is 5.32 Å². The molecule has 1 amide bonds. The van der Waals surface area contributed by atoms with Crippen molar-refractivity contribution in [2.75, 3.05) is 6.54 Å². The molecule has 1 aliphatic carbocycles. The van der Waals surface area contributed by atoms with Crippen LogP contribution in [0.2, 0.25) is 10.0 Å². The van der Waals surface area contributed by atoms with Gasteiger partial charge in [0.25, 0.3) is 0 Å². The average Bonchev–Trinajstić information content (AvgIpc) is 2.72. The van der Waals surface area contributed by atoms with Crippen molar-refractivity contribution in [3.8, 4) is 0 Å². The number of hydrogen-bond acceptors (Lipinski definition) is 3. The maximum Gasteiger partial charge on any atom is 0.243 e. The number of halogens is 3. The Balaban J connectivity index is 1.76. The number of nitrogens with zero attached hydrogens (tertiary/aromatic N) is 1. The fourth-order valence-electron chi connectivity index (χ4n) is 3.58. The van der Waals surface area contributed by atoms with Crippen LogP contribution in [0, 0.1) is 5.82 Å². The van der Waals surface area contributed by atoms with Gasteiger partial charge in [-0.1, -0.05) is 48.5 Å². The summed E-state index contributed by atoms with van der Waals surface area (Å²) in [6.07, 6.45) is 4.24. The number of sulfonamides is 1. The number of nitrogens with one attached hydrogen (secondary N) is 1. The molecular weight excluding hydrogens is 450 g/mol. The zero-order chi connectivity index (χ0) is 21.7. The van der Waals surface area contributed by atoms with E-state index in [1.54, 1.807) is 18.2 Å². The van der Waals surface area contributed by atoms with Crippen molar-refractivity contribution in [1.82, 2.24) is 9.62 Å². The second-order valence-corrected chi connectivity index (χ2v) is 10.0. The molecule has 9 heteroatoms. The Morgan fingerprint density at radius 1 is 1.07 bits per heavy atom. The van der Waals surface area contributed by atoms with E-state index in [-0.39, 0.29) is 24.0 Å². The zero-order valence-electron chi connectivity index (χ0n) is 16.3. The third kappa shape index (κ3) is 5.72. The Morgan fingerprint density at radius 3 is 2.37 bits per heavy atom. The second-order valence-electron chi connectivity index (χ2n) is 7.31. The molecule has 1 saturated carbocycles. The van der Waals surface area contributed by atoms with Gasteiger partial charge in [0.15, 0.2) is 0 Å². The summed E-state index contributed by atoms with van der Waals surface area (Å²) in [5.41, 5.74) is 0.681. The Hall–Kier alpha value is -1.67. The van der Waals surface area contributed by atoms with Crippen molar-refractivity contribution in [2.24, 2.45) is 0 Å². The first kappa shape index (κ1) is 23.0. The number of carbonyl (C=O) groups excluding carboxylic acids is 1. The van der Waals surface area contributed by atoms with Crippen LogP contribution < -0.4 is 5.32 Å². The van der Waals surface area contributed by atoms with Crippen molar-refractivity contribution in [3.05, 3.63) is 63.9 Å². The summed E-state index contributed by atoms with van der Waals surface area (Å²) in [6, 6.07) is 9.36. The zero-order valence-corrected chi connectivity index (χ0v) is 18.6. The number of benzene rings is 2. The minimum atomic E-state index is -3.95. The van der Waals surface area contributed by atoms with Gasteiger partial charge in [-0.05, 0) is 54.8 Å². The molecule has 2 aromatic carbocycles. The van der Waals surface area contributed by atoms with Crippen molar-refractivity contribution in [3.63, 3.8) is 0 Å². The van der Waals surface area contributed by atoms with E-state index in [1.807, 2.05) is 0 Å². The SMILES string of the molecule is O=C(CN(C1CCCCC1)S(=O)(=O)c1ccc(F)cc1)NCc1ccc(Cl)cc1Cl. The van der Waals surface area contributed by atoms with Crippen LogP contribution in [0.4, 0.5) is 4.39 Å². The molecule has 0 saturated heterocycles. The van der Waals surface area contributed by atoms with Gasteiger partial charge in [0.2, 0.25) is 15.9 Å². The molecule has 30 heavy (non-hydrogen) atoms. The molecule has 0 radical (unpaired) electrons. The molecule has 0 heterocycles. The van der Waals surface area contributed by atoms with Crippen molar-refractivity contribution < 1.29 is 17.6 Å². The van der Waals surface area contributed by atoms with E-state index in [4.69, 9.17) is 23.2 Å². The predicted octanol–water partition coefficient (Wildman–Crippen LogP) is 4.77. The number of carbonyl (C=O) groups is 1. The van der Waals surface area contributed by atoms with Crippen LogP contribution in [0.15, 0.2) is 47.4 Å². The Morgan fingerprint density at radius 2 is 1.73 bits per heavy atom. The lowest BCUT2D eigenvalue weighted by Crippen LogP contribution is -2.46. The van der Waals surface area contributed by atoms with Gasteiger partial charge in [-0.3, -0.25) is 4.79 Å². The molecule has 1 N–H and O–H groups in total. The topological polar surface area (TPSA) is 66.5 Å². The molecular formula is C21H23Cl2FN2O3S. The first-order valence-electron chi connectivity index (χ1n) is 9.75. The van der Waals surface area contributed by atoms with Gasteiger partial charge in [0.05, 0.1) is 11.4 Å². The molecule has 0 aliphatic heterocycles. The smallest absolute Gasteiger partial charge is 0.243 e. The maximum atomic E-state index is 13.3. The summed E-state index contributed by atoms with van der Waals surface area (Å²) in [7, 11) is -3.95. The predicted molar refractivity (Wildman–Crippen MR) is 115 cm³/mol. The molecule has 2 aromatic rings. The molecule has 1 fully saturated rings. The Bertz CT molecular complexity index is 994. The van der Waals surface area contributed by atoms with Gasteiger partial charge < -0.3 is 5.32 Å². The van der Waals surface area contributed by atoms with Gasteiger partial charge >= 0.3 is 0 Å². The Labute approximate surface area is 186 Å². The first-order chi connectivity index (χ1) is 14.3. The van der Waals surface area contributed by atoms with E-state index in [0.29, 0.717) is 28.5 Å². The van der Waals surface area contributed by atoms with E-state index in [1.165, 1.54) is 16.4 Å². The van der Waals surface area contributed by atoms with Crippen LogP contribution in [0.5, 0.6) is 0 Å². The summed E-state index contributed by atoms with van der Waals surface area (Å²) < 4.78 is 41.0. The highest BCUT2D eigenvalue weighted by molar-refractivity contribution is 7.89. The first-order valence-corrected chi connectivity index (χ1v) is 11.9. The fourth-order valence-corrected chi connectivity index (χ4v) is 5.69. The molecule has 3 rings (SSSR count). The molecule has 1 aliphatic rings. The highest BCUT2D eigenvalue weighted by Gasteiger charge is 2.34. The summed E-state index contributed by atoms with van der Waals surface area (Å²) in [4.78, 5) is 12.6. The number of rotatable bonds is 7. The monoisotopic (exact) mass is 472 g/mol. The minimum absolute atomic E-state index is 0.0250. The normalized spacial score (nSPS) is 15.3. The maximum absolute atomic E-state index is 13.3. The molecule has 0 aromatic heterocycles. The van der Waals surface area contributed by atoms with Crippen molar-refractivity contribution in [2.45, 2.75) is 49.6 Å². The summed E-state index contributed by atoms with van der Waals surface area (Å²) >= 11 is 12.0. The molecule has 0 spiro atoms. The highest BCUT2D eigenvalue weighted by Crippen LogP contribution is 2.28. The van der Waals surface area contributed by atoms with Crippen LogP contribution in [0.3, 0.4) is 0 Å². The van der Waals surface area contributed by atoms with Crippen LogP contribution >= 0.6 is 23.2 Å².